The van der Waals surface area contributed by atoms with Crippen molar-refractivity contribution >= 4 is 17.5 Å². The zero-order valence-corrected chi connectivity index (χ0v) is 18.8. The van der Waals surface area contributed by atoms with Crippen molar-refractivity contribution in [1.82, 2.24) is 9.80 Å². The lowest BCUT2D eigenvalue weighted by atomic mass is 9.94. The number of carbonyl (C=O) groups is 2. The highest BCUT2D eigenvalue weighted by molar-refractivity contribution is 6.09. The van der Waals surface area contributed by atoms with E-state index in [1.165, 1.54) is 19.3 Å². The van der Waals surface area contributed by atoms with Crippen LogP contribution in [0.4, 0.5) is 5.69 Å². The molecule has 0 spiro atoms. The van der Waals surface area contributed by atoms with E-state index in [0.29, 0.717) is 36.8 Å². The normalized spacial score (nSPS) is 19.3. The fourth-order valence-electron chi connectivity index (χ4n) is 5.38. The van der Waals surface area contributed by atoms with Gasteiger partial charge in [-0.05, 0) is 48.7 Å². The molecular formula is C26H31N3O3. The molecule has 2 amide bonds. The first-order chi connectivity index (χ1) is 15.7. The van der Waals surface area contributed by atoms with Crippen LogP contribution in [0.15, 0.2) is 42.5 Å². The number of methoxy groups -OCH3 is 1. The summed E-state index contributed by atoms with van der Waals surface area (Å²) >= 11 is 0. The summed E-state index contributed by atoms with van der Waals surface area (Å²) in [6, 6.07) is 14.1. The van der Waals surface area contributed by atoms with Crippen molar-refractivity contribution in [2.24, 2.45) is 0 Å². The number of hydrogen-bond donors (Lipinski definition) is 0. The Hall–Kier alpha value is -3.02. The average Bonchev–Trinajstić information content (AvgIpc) is 3.21. The van der Waals surface area contributed by atoms with Gasteiger partial charge in [-0.1, -0.05) is 31.4 Å². The van der Waals surface area contributed by atoms with E-state index in [2.05, 4.69) is 17.0 Å². The molecule has 1 aliphatic carbocycles. The molecule has 6 heteroatoms. The Kier molecular flexibility index (Phi) is 5.77. The predicted octanol–water partition coefficient (Wildman–Crippen LogP) is 3.95. The molecule has 3 aliphatic rings. The van der Waals surface area contributed by atoms with Crippen molar-refractivity contribution in [3.05, 3.63) is 59.2 Å². The van der Waals surface area contributed by atoms with Crippen molar-refractivity contribution in [3.8, 4) is 5.75 Å². The number of carbonyl (C=O) groups excluding carboxylic acids is 2. The fraction of sp³-hybridized carbons (Fsp3) is 0.462. The van der Waals surface area contributed by atoms with Gasteiger partial charge in [0, 0.05) is 44.5 Å². The number of rotatable bonds is 4. The van der Waals surface area contributed by atoms with Gasteiger partial charge in [-0.15, -0.1) is 0 Å². The van der Waals surface area contributed by atoms with Gasteiger partial charge >= 0.3 is 0 Å². The molecule has 0 atom stereocenters. The number of ether oxygens (including phenoxy) is 1. The first-order valence-electron chi connectivity index (χ1n) is 11.8. The van der Waals surface area contributed by atoms with E-state index in [1.807, 2.05) is 40.1 Å². The van der Waals surface area contributed by atoms with Gasteiger partial charge in [-0.3, -0.25) is 9.59 Å². The third-order valence-corrected chi connectivity index (χ3v) is 7.22. The third-order valence-electron chi connectivity index (χ3n) is 7.22. The van der Waals surface area contributed by atoms with Gasteiger partial charge in [0.1, 0.15) is 5.75 Å². The molecule has 32 heavy (non-hydrogen) atoms. The topological polar surface area (TPSA) is 53.1 Å². The van der Waals surface area contributed by atoms with Gasteiger partial charge in [-0.2, -0.15) is 0 Å². The van der Waals surface area contributed by atoms with Crippen LogP contribution in [0, 0.1) is 0 Å². The van der Waals surface area contributed by atoms with Crippen LogP contribution in [0.2, 0.25) is 0 Å². The summed E-state index contributed by atoms with van der Waals surface area (Å²) in [4.78, 5) is 33.0. The van der Waals surface area contributed by atoms with Crippen LogP contribution >= 0.6 is 0 Å². The fourth-order valence-corrected chi connectivity index (χ4v) is 5.38. The Labute approximate surface area is 189 Å². The molecule has 0 bridgehead atoms. The van der Waals surface area contributed by atoms with Crippen LogP contribution < -0.4 is 9.64 Å². The standard InChI is InChI=1S/C26H31N3O3/c1-32-22-12-10-20(11-13-22)27-14-16-28(17-15-27)25(30)23-9-5-6-19-18-29(26(31)24(19)23)21-7-3-2-4-8-21/h5-6,9-13,21H,2-4,7-8,14-18H2,1H3. The smallest absolute Gasteiger partial charge is 0.255 e. The largest absolute Gasteiger partial charge is 0.497 e. The van der Waals surface area contributed by atoms with Crippen molar-refractivity contribution in [1.29, 1.82) is 0 Å². The number of amides is 2. The summed E-state index contributed by atoms with van der Waals surface area (Å²) in [7, 11) is 1.67. The third kappa shape index (κ3) is 3.83. The minimum Gasteiger partial charge on any atom is -0.497 e. The molecular weight excluding hydrogens is 402 g/mol. The SMILES string of the molecule is COc1ccc(N2CCN(C(=O)c3cccc4c3C(=O)N(C3CCCCC3)C4)CC2)cc1. The first kappa shape index (κ1) is 20.9. The lowest BCUT2D eigenvalue weighted by Crippen LogP contribution is -2.49. The molecule has 5 rings (SSSR count). The predicted molar refractivity (Wildman–Crippen MR) is 124 cm³/mol. The van der Waals surface area contributed by atoms with Crippen LogP contribution in [0.25, 0.3) is 0 Å². The highest BCUT2D eigenvalue weighted by Gasteiger charge is 2.37. The van der Waals surface area contributed by atoms with E-state index in [-0.39, 0.29) is 11.8 Å². The summed E-state index contributed by atoms with van der Waals surface area (Å²) in [5.74, 6) is 0.871. The molecule has 2 aliphatic heterocycles. The molecule has 2 aromatic rings. The van der Waals surface area contributed by atoms with Crippen molar-refractivity contribution in [2.45, 2.75) is 44.7 Å². The van der Waals surface area contributed by atoms with Crippen molar-refractivity contribution in [2.75, 3.05) is 38.2 Å². The Morgan fingerprint density at radius 2 is 1.66 bits per heavy atom. The van der Waals surface area contributed by atoms with E-state index in [0.717, 1.165) is 42.9 Å². The number of anilines is 1. The van der Waals surface area contributed by atoms with Gasteiger partial charge in [-0.25, -0.2) is 0 Å². The molecule has 6 nitrogen and oxygen atoms in total. The lowest BCUT2D eigenvalue weighted by Gasteiger charge is -2.36. The Bertz CT molecular complexity index is 990. The number of fused-ring (bicyclic) bond motifs is 1. The highest BCUT2D eigenvalue weighted by Crippen LogP contribution is 2.33. The summed E-state index contributed by atoms with van der Waals surface area (Å²) < 4.78 is 5.24. The number of benzene rings is 2. The summed E-state index contributed by atoms with van der Waals surface area (Å²) in [6.07, 6.45) is 5.80. The number of hydrogen-bond acceptors (Lipinski definition) is 4. The summed E-state index contributed by atoms with van der Waals surface area (Å²) in [5, 5.41) is 0. The zero-order chi connectivity index (χ0) is 22.1. The van der Waals surface area contributed by atoms with Crippen LogP contribution in [0.3, 0.4) is 0 Å². The molecule has 2 heterocycles. The van der Waals surface area contributed by atoms with Crippen LogP contribution in [0.5, 0.6) is 5.75 Å². The second-order valence-corrected chi connectivity index (χ2v) is 9.04. The number of nitrogens with zero attached hydrogens (tertiary/aromatic N) is 3. The highest BCUT2D eigenvalue weighted by atomic mass is 16.5. The van der Waals surface area contributed by atoms with E-state index < -0.39 is 0 Å². The summed E-state index contributed by atoms with van der Waals surface area (Å²) in [5.41, 5.74) is 3.35. The molecule has 1 saturated heterocycles. The molecule has 0 unspecified atom stereocenters. The molecule has 1 saturated carbocycles. The van der Waals surface area contributed by atoms with E-state index in [4.69, 9.17) is 4.74 Å². The molecule has 2 aromatic carbocycles. The van der Waals surface area contributed by atoms with E-state index in [1.54, 1.807) is 7.11 Å². The van der Waals surface area contributed by atoms with Gasteiger partial charge < -0.3 is 19.4 Å². The van der Waals surface area contributed by atoms with Crippen molar-refractivity contribution in [3.63, 3.8) is 0 Å². The monoisotopic (exact) mass is 433 g/mol. The molecule has 0 N–H and O–H groups in total. The molecule has 0 aromatic heterocycles. The maximum atomic E-state index is 13.4. The Balaban J connectivity index is 1.28. The van der Waals surface area contributed by atoms with Crippen LogP contribution in [-0.4, -0.2) is 60.9 Å². The van der Waals surface area contributed by atoms with E-state index in [9.17, 15) is 9.59 Å². The first-order valence-corrected chi connectivity index (χ1v) is 11.8. The van der Waals surface area contributed by atoms with Crippen LogP contribution in [-0.2, 0) is 6.54 Å². The van der Waals surface area contributed by atoms with Crippen LogP contribution in [0.1, 0.15) is 58.4 Å². The van der Waals surface area contributed by atoms with Gasteiger partial charge in [0.05, 0.1) is 18.2 Å². The molecule has 2 fully saturated rings. The van der Waals surface area contributed by atoms with Gasteiger partial charge in [0.15, 0.2) is 0 Å². The van der Waals surface area contributed by atoms with E-state index >= 15 is 0 Å². The van der Waals surface area contributed by atoms with Gasteiger partial charge in [0.2, 0.25) is 0 Å². The second kappa shape index (κ2) is 8.85. The summed E-state index contributed by atoms with van der Waals surface area (Å²) in [6.45, 7) is 3.49. The average molecular weight is 434 g/mol. The maximum absolute atomic E-state index is 13.4. The maximum Gasteiger partial charge on any atom is 0.255 e. The minimum atomic E-state index is -0.0184. The Morgan fingerprint density at radius 1 is 0.938 bits per heavy atom. The van der Waals surface area contributed by atoms with Crippen molar-refractivity contribution < 1.29 is 14.3 Å². The molecule has 0 radical (unpaired) electrons. The lowest BCUT2D eigenvalue weighted by molar-refractivity contribution is 0.0648. The van der Waals surface area contributed by atoms with Gasteiger partial charge in [0.25, 0.3) is 11.8 Å². The minimum absolute atomic E-state index is 0.0184. The second-order valence-electron chi connectivity index (χ2n) is 9.04. The number of piperazine rings is 1. The zero-order valence-electron chi connectivity index (χ0n) is 18.8. The Morgan fingerprint density at radius 3 is 2.34 bits per heavy atom. The quantitative estimate of drug-likeness (QED) is 0.733. The molecule has 168 valence electrons.